The number of aliphatic imine (C=N–C) groups is 1. The maximum Gasteiger partial charge on any atom is 0.266 e. The summed E-state index contributed by atoms with van der Waals surface area (Å²) in [7, 11) is 3.50. The Morgan fingerprint density at radius 3 is 2.65 bits per heavy atom. The van der Waals surface area contributed by atoms with Gasteiger partial charge < -0.3 is 4.90 Å². The fourth-order valence-corrected chi connectivity index (χ4v) is 5.21. The highest BCUT2D eigenvalue weighted by atomic mass is 32.2. The van der Waals surface area contributed by atoms with Gasteiger partial charge in [-0.1, -0.05) is 6.92 Å². The Labute approximate surface area is 161 Å². The van der Waals surface area contributed by atoms with Crippen LogP contribution in [0.4, 0.5) is 5.69 Å². The van der Waals surface area contributed by atoms with E-state index in [-0.39, 0.29) is 11.4 Å². The molecule has 2 heterocycles. The highest BCUT2D eigenvalue weighted by Crippen LogP contribution is 2.44. The average Bonchev–Trinajstić information content (AvgIpc) is 2.83. The Kier molecular flexibility index (Phi) is 4.95. The van der Waals surface area contributed by atoms with Crippen LogP contribution in [-0.4, -0.2) is 42.2 Å². The van der Waals surface area contributed by atoms with Crippen LogP contribution in [0.2, 0.25) is 0 Å². The maximum absolute atomic E-state index is 12.5. The molecule has 0 spiro atoms. The van der Waals surface area contributed by atoms with Gasteiger partial charge in [-0.25, -0.2) is 0 Å². The van der Waals surface area contributed by atoms with Crippen molar-refractivity contribution in [3.8, 4) is 0 Å². The van der Waals surface area contributed by atoms with Crippen molar-refractivity contribution in [1.29, 1.82) is 0 Å². The number of hydrogen-bond acceptors (Lipinski definition) is 4. The second kappa shape index (κ2) is 6.76. The molecule has 26 heavy (non-hydrogen) atoms. The van der Waals surface area contributed by atoms with Gasteiger partial charge in [0.15, 0.2) is 5.17 Å². The highest BCUT2D eigenvalue weighted by molar-refractivity contribution is 8.18. The summed E-state index contributed by atoms with van der Waals surface area (Å²) in [5.41, 5.74) is 5.23. The van der Waals surface area contributed by atoms with Crippen LogP contribution < -0.4 is 4.90 Å². The molecule has 5 heteroatoms. The molecule has 0 aliphatic carbocycles. The quantitative estimate of drug-likeness (QED) is 0.711. The number of thioether (sulfide) groups is 1. The molecule has 0 N–H and O–H groups in total. The van der Waals surface area contributed by atoms with Gasteiger partial charge in [-0.3, -0.25) is 14.7 Å². The van der Waals surface area contributed by atoms with Crippen LogP contribution in [0.5, 0.6) is 0 Å². The van der Waals surface area contributed by atoms with Crippen molar-refractivity contribution in [2.24, 2.45) is 4.99 Å². The molecule has 0 radical (unpaired) electrons. The normalized spacial score (nSPS) is 25.3. The molecular weight excluding hydrogens is 342 g/mol. The summed E-state index contributed by atoms with van der Waals surface area (Å²) in [6, 6.07) is 4.58. The summed E-state index contributed by atoms with van der Waals surface area (Å²) in [6.45, 7) is 12.3. The summed E-state index contributed by atoms with van der Waals surface area (Å²) in [6.07, 6.45) is 3.16. The lowest BCUT2D eigenvalue weighted by atomic mass is 9.79. The lowest BCUT2D eigenvalue weighted by molar-refractivity contribution is -0.121. The summed E-state index contributed by atoms with van der Waals surface area (Å²) in [4.78, 5) is 21.5. The van der Waals surface area contributed by atoms with E-state index in [9.17, 15) is 4.79 Å². The third-order valence-corrected chi connectivity index (χ3v) is 6.72. The first-order valence-electron chi connectivity index (χ1n) is 9.26. The zero-order valence-electron chi connectivity index (χ0n) is 16.9. The van der Waals surface area contributed by atoms with E-state index in [2.05, 4.69) is 56.6 Å². The number of hydrogen-bond donors (Lipinski definition) is 0. The number of likely N-dealkylation sites (N-methyl/N-ethyl adjacent to an activating group) is 1. The van der Waals surface area contributed by atoms with Crippen LogP contribution >= 0.6 is 11.8 Å². The van der Waals surface area contributed by atoms with Crippen molar-refractivity contribution in [1.82, 2.24) is 4.90 Å². The fourth-order valence-electron chi connectivity index (χ4n) is 4.30. The molecule has 2 aliphatic rings. The number of nitrogens with zero attached hydrogens (tertiary/aromatic N) is 3. The zero-order valence-corrected chi connectivity index (χ0v) is 17.7. The lowest BCUT2D eigenvalue weighted by Crippen LogP contribution is -2.48. The molecule has 0 aromatic heterocycles. The van der Waals surface area contributed by atoms with Crippen molar-refractivity contribution >= 4 is 34.6 Å². The molecular formula is C21H29N3OS. The SMILES string of the molecule is CCN1c2cc(C)c(/C=C3/SC(=NC)N(C)C3=O)cc2C(C)CC1(C)C. The van der Waals surface area contributed by atoms with Crippen molar-refractivity contribution in [3.63, 3.8) is 0 Å². The molecule has 1 fully saturated rings. The first-order valence-corrected chi connectivity index (χ1v) is 10.1. The van der Waals surface area contributed by atoms with E-state index < -0.39 is 0 Å². The predicted octanol–water partition coefficient (Wildman–Crippen LogP) is 4.64. The van der Waals surface area contributed by atoms with E-state index in [4.69, 9.17) is 0 Å². The van der Waals surface area contributed by atoms with Gasteiger partial charge in [-0.2, -0.15) is 0 Å². The number of amidine groups is 1. The summed E-state index contributed by atoms with van der Waals surface area (Å²) < 4.78 is 0. The summed E-state index contributed by atoms with van der Waals surface area (Å²) in [5, 5.41) is 0.754. The van der Waals surface area contributed by atoms with Crippen LogP contribution in [0, 0.1) is 6.92 Å². The number of carbonyl (C=O) groups is 1. The summed E-state index contributed by atoms with van der Waals surface area (Å²) >= 11 is 1.45. The van der Waals surface area contributed by atoms with Crippen LogP contribution in [0.25, 0.3) is 6.08 Å². The third-order valence-electron chi connectivity index (χ3n) is 5.57. The van der Waals surface area contributed by atoms with Gasteiger partial charge in [0.05, 0.1) is 4.91 Å². The molecule has 0 bridgehead atoms. The van der Waals surface area contributed by atoms with Gasteiger partial charge >= 0.3 is 0 Å². The van der Waals surface area contributed by atoms with Crippen LogP contribution in [-0.2, 0) is 4.79 Å². The van der Waals surface area contributed by atoms with Crippen molar-refractivity contribution < 1.29 is 4.79 Å². The van der Waals surface area contributed by atoms with E-state index in [1.807, 2.05) is 6.08 Å². The average molecular weight is 372 g/mol. The van der Waals surface area contributed by atoms with Gasteiger partial charge in [0.1, 0.15) is 0 Å². The van der Waals surface area contributed by atoms with Gasteiger partial charge in [-0.05, 0) is 86.7 Å². The van der Waals surface area contributed by atoms with E-state index in [0.717, 1.165) is 28.6 Å². The van der Waals surface area contributed by atoms with Crippen molar-refractivity contribution in [3.05, 3.63) is 33.7 Å². The largest absolute Gasteiger partial charge is 0.366 e. The molecule has 1 unspecified atom stereocenters. The van der Waals surface area contributed by atoms with E-state index in [1.54, 1.807) is 19.0 Å². The molecule has 1 atom stereocenters. The Hall–Kier alpha value is -1.75. The first-order chi connectivity index (χ1) is 12.2. The molecule has 0 saturated carbocycles. The number of aryl methyl sites for hydroxylation is 1. The van der Waals surface area contributed by atoms with Gasteiger partial charge in [-0.15, -0.1) is 0 Å². The second-order valence-corrected chi connectivity index (χ2v) is 8.92. The van der Waals surface area contributed by atoms with Gasteiger partial charge in [0, 0.05) is 31.9 Å². The first kappa shape index (κ1) is 19.0. The molecule has 4 nitrogen and oxygen atoms in total. The van der Waals surface area contributed by atoms with E-state index >= 15 is 0 Å². The Balaban J connectivity index is 2.06. The molecule has 140 valence electrons. The number of rotatable bonds is 2. The van der Waals surface area contributed by atoms with Crippen LogP contribution in [0.3, 0.4) is 0 Å². The second-order valence-electron chi connectivity index (χ2n) is 7.91. The minimum absolute atomic E-state index is 0.0251. The fraction of sp³-hybridized carbons (Fsp3) is 0.524. The summed E-state index contributed by atoms with van der Waals surface area (Å²) in [5.74, 6) is 0.528. The minimum atomic E-state index is 0.0251. The maximum atomic E-state index is 12.5. The van der Waals surface area contributed by atoms with Crippen LogP contribution in [0.15, 0.2) is 22.0 Å². The van der Waals surface area contributed by atoms with Crippen LogP contribution in [0.1, 0.15) is 56.7 Å². The number of carbonyl (C=O) groups excluding carboxylic acids is 1. The van der Waals surface area contributed by atoms with E-state index in [1.165, 1.54) is 28.6 Å². The third kappa shape index (κ3) is 3.07. The number of amides is 1. The number of benzene rings is 1. The zero-order chi connectivity index (χ0) is 19.2. The topological polar surface area (TPSA) is 35.9 Å². The van der Waals surface area contributed by atoms with E-state index in [0.29, 0.717) is 5.92 Å². The Morgan fingerprint density at radius 2 is 2.08 bits per heavy atom. The Morgan fingerprint density at radius 1 is 1.38 bits per heavy atom. The smallest absolute Gasteiger partial charge is 0.266 e. The molecule has 3 rings (SSSR count). The number of fused-ring (bicyclic) bond motifs is 1. The Bertz CT molecular complexity index is 810. The number of anilines is 1. The molecule has 1 aromatic carbocycles. The molecule has 1 aromatic rings. The highest BCUT2D eigenvalue weighted by Gasteiger charge is 2.36. The van der Waals surface area contributed by atoms with Crippen molar-refractivity contribution in [2.75, 3.05) is 25.5 Å². The lowest BCUT2D eigenvalue weighted by Gasteiger charge is -2.47. The van der Waals surface area contributed by atoms with Gasteiger partial charge in [0.25, 0.3) is 5.91 Å². The minimum Gasteiger partial charge on any atom is -0.366 e. The molecule has 1 amide bonds. The predicted molar refractivity (Wildman–Crippen MR) is 113 cm³/mol. The molecule has 1 saturated heterocycles. The monoisotopic (exact) mass is 371 g/mol. The van der Waals surface area contributed by atoms with Crippen molar-refractivity contribution in [2.45, 2.75) is 52.5 Å². The molecule has 2 aliphatic heterocycles. The standard InChI is InChI=1S/C21H29N3OS/c1-8-24-17-9-13(2)15(10-16(17)14(3)12-21(24,4)5)11-18-19(25)23(7)20(22-6)26-18/h9-11,14H,8,12H2,1-7H3/b18-11+,22-20?. The van der Waals surface area contributed by atoms with Gasteiger partial charge in [0.2, 0.25) is 0 Å².